The summed E-state index contributed by atoms with van der Waals surface area (Å²) in [6.45, 7) is 14.9. The molecule has 24 heavy (non-hydrogen) atoms. The number of aliphatic imine (C=N–C) groups is 1. The number of hydrogen-bond acceptors (Lipinski definition) is 2. The molecule has 0 radical (unpaired) electrons. The average molecular weight is 444 g/mol. The number of rotatable bonds is 5. The molecule has 0 spiro atoms. The predicted octanol–water partition coefficient (Wildman–Crippen LogP) is 3.40. The number of aryl methyl sites for hydroxylation is 1. The molecule has 1 heterocycles. The van der Waals surface area contributed by atoms with Crippen LogP contribution in [0.1, 0.15) is 38.8 Å². The first-order valence-corrected chi connectivity index (χ1v) is 8.84. The van der Waals surface area contributed by atoms with Gasteiger partial charge in [0.1, 0.15) is 0 Å². The molecular weight excluding hydrogens is 411 g/mol. The molecule has 1 aliphatic rings. The highest BCUT2D eigenvalue weighted by molar-refractivity contribution is 14.0. The second kappa shape index (κ2) is 10.2. The Balaban J connectivity index is 0.00000288. The fourth-order valence-corrected chi connectivity index (χ4v) is 2.97. The quantitative estimate of drug-likeness (QED) is 0.416. The SMILES string of the molecule is CCNC(=NCc1ccc(C)cc1)NC1CN(C(C)C)CC1C.I. The van der Waals surface area contributed by atoms with Gasteiger partial charge in [-0.3, -0.25) is 4.90 Å². The summed E-state index contributed by atoms with van der Waals surface area (Å²) in [5, 5.41) is 7.01. The molecule has 0 bridgehead atoms. The Morgan fingerprint density at radius 1 is 1.25 bits per heavy atom. The van der Waals surface area contributed by atoms with Crippen molar-refractivity contribution < 1.29 is 0 Å². The van der Waals surface area contributed by atoms with E-state index in [1.165, 1.54) is 11.1 Å². The topological polar surface area (TPSA) is 39.7 Å². The zero-order valence-corrected chi connectivity index (χ0v) is 18.0. The summed E-state index contributed by atoms with van der Waals surface area (Å²) in [6, 6.07) is 9.67. The van der Waals surface area contributed by atoms with Gasteiger partial charge in [0.25, 0.3) is 0 Å². The summed E-state index contributed by atoms with van der Waals surface area (Å²) in [4.78, 5) is 7.29. The molecule has 2 N–H and O–H groups in total. The number of halogens is 1. The van der Waals surface area contributed by atoms with E-state index in [0.717, 1.165) is 25.6 Å². The molecule has 0 aromatic heterocycles. The number of guanidine groups is 1. The average Bonchev–Trinajstić information content (AvgIpc) is 2.88. The molecule has 1 aliphatic heterocycles. The van der Waals surface area contributed by atoms with Gasteiger partial charge in [-0.25, -0.2) is 4.99 Å². The van der Waals surface area contributed by atoms with Crippen molar-refractivity contribution in [3.8, 4) is 0 Å². The number of nitrogens with zero attached hydrogens (tertiary/aromatic N) is 2. The molecular formula is C19H33IN4. The Bertz CT molecular complexity index is 513. The molecule has 5 heteroatoms. The fourth-order valence-electron chi connectivity index (χ4n) is 2.97. The zero-order valence-electron chi connectivity index (χ0n) is 15.7. The highest BCUT2D eigenvalue weighted by Gasteiger charge is 2.31. The summed E-state index contributed by atoms with van der Waals surface area (Å²) in [6.07, 6.45) is 0. The fraction of sp³-hybridized carbons (Fsp3) is 0.632. The van der Waals surface area contributed by atoms with E-state index in [0.29, 0.717) is 24.5 Å². The van der Waals surface area contributed by atoms with Gasteiger partial charge in [0, 0.05) is 31.7 Å². The summed E-state index contributed by atoms with van der Waals surface area (Å²) >= 11 is 0. The Kier molecular flexibility index (Phi) is 9.05. The first-order chi connectivity index (χ1) is 11.0. The van der Waals surface area contributed by atoms with Crippen molar-refractivity contribution in [2.75, 3.05) is 19.6 Å². The number of nitrogens with one attached hydrogen (secondary N) is 2. The van der Waals surface area contributed by atoms with Crippen LogP contribution in [0, 0.1) is 12.8 Å². The van der Waals surface area contributed by atoms with E-state index < -0.39 is 0 Å². The number of hydrogen-bond donors (Lipinski definition) is 2. The van der Waals surface area contributed by atoms with E-state index in [-0.39, 0.29) is 24.0 Å². The standard InChI is InChI=1S/C19H32N4.HI/c1-6-20-19(21-11-17-9-7-15(4)8-10-17)22-18-13-23(14(2)3)12-16(18)5;/h7-10,14,16,18H,6,11-13H2,1-5H3,(H2,20,21,22);1H. The smallest absolute Gasteiger partial charge is 0.191 e. The molecule has 0 amide bonds. The van der Waals surface area contributed by atoms with E-state index in [9.17, 15) is 0 Å². The maximum absolute atomic E-state index is 4.76. The summed E-state index contributed by atoms with van der Waals surface area (Å²) in [5.74, 6) is 1.57. The lowest BCUT2D eigenvalue weighted by atomic mass is 10.1. The van der Waals surface area contributed by atoms with Crippen LogP contribution >= 0.6 is 24.0 Å². The highest BCUT2D eigenvalue weighted by Crippen LogP contribution is 2.18. The summed E-state index contributed by atoms with van der Waals surface area (Å²) in [5.41, 5.74) is 2.53. The Hall–Kier alpha value is -0.820. The van der Waals surface area contributed by atoms with Crippen LogP contribution in [0.3, 0.4) is 0 Å². The summed E-state index contributed by atoms with van der Waals surface area (Å²) < 4.78 is 0. The molecule has 0 saturated carbocycles. The van der Waals surface area contributed by atoms with Crippen molar-refractivity contribution in [3.63, 3.8) is 0 Å². The molecule has 1 fully saturated rings. The van der Waals surface area contributed by atoms with E-state index in [1.54, 1.807) is 0 Å². The third-order valence-corrected chi connectivity index (χ3v) is 4.58. The Morgan fingerprint density at radius 3 is 2.46 bits per heavy atom. The molecule has 136 valence electrons. The largest absolute Gasteiger partial charge is 0.357 e. The van der Waals surface area contributed by atoms with Crippen LogP contribution in [0.2, 0.25) is 0 Å². The third kappa shape index (κ3) is 6.24. The first kappa shape index (κ1) is 21.2. The molecule has 2 atom stereocenters. The van der Waals surface area contributed by atoms with Gasteiger partial charge in [0.15, 0.2) is 5.96 Å². The molecule has 2 rings (SSSR count). The van der Waals surface area contributed by atoms with Gasteiger partial charge in [-0.2, -0.15) is 0 Å². The lowest BCUT2D eigenvalue weighted by Gasteiger charge is -2.22. The third-order valence-electron chi connectivity index (χ3n) is 4.58. The predicted molar refractivity (Wildman–Crippen MR) is 114 cm³/mol. The molecule has 4 nitrogen and oxygen atoms in total. The first-order valence-electron chi connectivity index (χ1n) is 8.84. The second-order valence-corrected chi connectivity index (χ2v) is 6.96. The monoisotopic (exact) mass is 444 g/mol. The van der Waals surface area contributed by atoms with Crippen LogP contribution in [-0.2, 0) is 6.54 Å². The van der Waals surface area contributed by atoms with Crippen molar-refractivity contribution in [1.29, 1.82) is 0 Å². The van der Waals surface area contributed by atoms with Crippen molar-refractivity contribution >= 4 is 29.9 Å². The lowest BCUT2D eigenvalue weighted by molar-refractivity contribution is 0.265. The van der Waals surface area contributed by atoms with Gasteiger partial charge in [-0.15, -0.1) is 24.0 Å². The van der Waals surface area contributed by atoms with Crippen molar-refractivity contribution in [3.05, 3.63) is 35.4 Å². The van der Waals surface area contributed by atoms with Crippen LogP contribution < -0.4 is 10.6 Å². The van der Waals surface area contributed by atoms with Gasteiger partial charge in [0.2, 0.25) is 0 Å². The van der Waals surface area contributed by atoms with E-state index in [4.69, 9.17) is 4.99 Å². The minimum Gasteiger partial charge on any atom is -0.357 e. The summed E-state index contributed by atoms with van der Waals surface area (Å²) in [7, 11) is 0. The van der Waals surface area contributed by atoms with Gasteiger partial charge in [-0.1, -0.05) is 36.8 Å². The normalized spacial score (nSPS) is 21.7. The minimum atomic E-state index is 0. The van der Waals surface area contributed by atoms with Crippen molar-refractivity contribution in [2.45, 2.75) is 53.2 Å². The van der Waals surface area contributed by atoms with Crippen LogP contribution in [0.5, 0.6) is 0 Å². The molecule has 1 aromatic rings. The van der Waals surface area contributed by atoms with Gasteiger partial charge in [0.05, 0.1) is 6.54 Å². The molecule has 1 saturated heterocycles. The number of benzene rings is 1. The Morgan fingerprint density at radius 2 is 1.92 bits per heavy atom. The Labute approximate surface area is 164 Å². The van der Waals surface area contributed by atoms with Crippen LogP contribution in [-0.4, -0.2) is 42.6 Å². The zero-order chi connectivity index (χ0) is 16.8. The van der Waals surface area contributed by atoms with Crippen LogP contribution in [0.4, 0.5) is 0 Å². The van der Waals surface area contributed by atoms with Crippen LogP contribution in [0.15, 0.2) is 29.3 Å². The van der Waals surface area contributed by atoms with Crippen molar-refractivity contribution in [1.82, 2.24) is 15.5 Å². The molecule has 0 aliphatic carbocycles. The van der Waals surface area contributed by atoms with Gasteiger partial charge >= 0.3 is 0 Å². The van der Waals surface area contributed by atoms with E-state index in [1.807, 2.05) is 0 Å². The maximum atomic E-state index is 4.76. The van der Waals surface area contributed by atoms with Gasteiger partial charge in [-0.05, 0) is 39.2 Å². The van der Waals surface area contributed by atoms with Gasteiger partial charge < -0.3 is 10.6 Å². The van der Waals surface area contributed by atoms with E-state index >= 15 is 0 Å². The number of likely N-dealkylation sites (tertiary alicyclic amines) is 1. The molecule has 1 aromatic carbocycles. The van der Waals surface area contributed by atoms with Crippen LogP contribution in [0.25, 0.3) is 0 Å². The van der Waals surface area contributed by atoms with E-state index in [2.05, 4.69) is 74.4 Å². The lowest BCUT2D eigenvalue weighted by Crippen LogP contribution is -2.46. The second-order valence-electron chi connectivity index (χ2n) is 6.96. The van der Waals surface area contributed by atoms with Crippen molar-refractivity contribution in [2.24, 2.45) is 10.9 Å². The molecule has 2 unspecified atom stereocenters. The minimum absolute atomic E-state index is 0. The maximum Gasteiger partial charge on any atom is 0.191 e. The highest BCUT2D eigenvalue weighted by atomic mass is 127.